The molecule has 2 fully saturated rings. The Labute approximate surface area is 120 Å². The van der Waals surface area contributed by atoms with Crippen molar-refractivity contribution in [3.8, 4) is 0 Å². The predicted molar refractivity (Wildman–Crippen MR) is 83.5 cm³/mol. The smallest absolute Gasteiger partial charge is 0.0251 e. The summed E-state index contributed by atoms with van der Waals surface area (Å²) < 4.78 is 0. The Morgan fingerprint density at radius 3 is 2.42 bits per heavy atom. The van der Waals surface area contributed by atoms with E-state index in [1.54, 1.807) is 0 Å². The summed E-state index contributed by atoms with van der Waals surface area (Å²) in [5.74, 6) is 0.984. The first-order valence-electron chi connectivity index (χ1n) is 8.71. The molecule has 3 atom stereocenters. The Kier molecular flexibility index (Phi) is 6.15. The molecular weight excluding hydrogens is 232 g/mol. The van der Waals surface area contributed by atoms with Gasteiger partial charge in [-0.3, -0.25) is 4.90 Å². The largest absolute Gasteiger partial charge is 0.312 e. The summed E-state index contributed by atoms with van der Waals surface area (Å²) in [5.41, 5.74) is 0. The Morgan fingerprint density at radius 1 is 1.05 bits per heavy atom. The minimum atomic E-state index is 0.749. The molecule has 2 saturated carbocycles. The van der Waals surface area contributed by atoms with Crippen LogP contribution in [0, 0.1) is 5.92 Å². The van der Waals surface area contributed by atoms with E-state index in [2.05, 4.69) is 31.1 Å². The highest BCUT2D eigenvalue weighted by Gasteiger charge is 2.36. The molecule has 0 spiro atoms. The van der Waals surface area contributed by atoms with Crippen LogP contribution in [0.5, 0.6) is 0 Å². The molecule has 0 heterocycles. The van der Waals surface area contributed by atoms with Crippen molar-refractivity contribution in [1.82, 2.24) is 10.2 Å². The van der Waals surface area contributed by atoms with Gasteiger partial charge in [-0.15, -0.1) is 0 Å². The van der Waals surface area contributed by atoms with Crippen LogP contribution in [0.1, 0.15) is 71.6 Å². The fraction of sp³-hybridized carbons (Fsp3) is 1.00. The molecule has 0 radical (unpaired) electrons. The Morgan fingerprint density at radius 2 is 1.84 bits per heavy atom. The fourth-order valence-electron chi connectivity index (χ4n) is 3.98. The molecule has 1 N–H and O–H groups in total. The van der Waals surface area contributed by atoms with Gasteiger partial charge in [-0.1, -0.05) is 33.1 Å². The zero-order valence-corrected chi connectivity index (χ0v) is 13.3. The summed E-state index contributed by atoms with van der Waals surface area (Å²) in [7, 11) is 2.39. The second kappa shape index (κ2) is 7.64. The summed E-state index contributed by atoms with van der Waals surface area (Å²) in [6.07, 6.45) is 12.7. The van der Waals surface area contributed by atoms with Crippen molar-refractivity contribution < 1.29 is 0 Å². The van der Waals surface area contributed by atoms with E-state index in [0.29, 0.717) is 0 Å². The van der Waals surface area contributed by atoms with Crippen molar-refractivity contribution in [3.05, 3.63) is 0 Å². The second-order valence-electron chi connectivity index (χ2n) is 6.85. The maximum absolute atomic E-state index is 3.83. The third kappa shape index (κ3) is 3.95. The summed E-state index contributed by atoms with van der Waals surface area (Å²) in [6, 6.07) is 2.43. The number of hydrogen-bond acceptors (Lipinski definition) is 2. The third-order valence-electron chi connectivity index (χ3n) is 5.45. The van der Waals surface area contributed by atoms with Crippen LogP contribution < -0.4 is 5.32 Å². The molecule has 0 aromatic heterocycles. The lowest BCUT2D eigenvalue weighted by Gasteiger charge is -2.47. The first-order valence-corrected chi connectivity index (χ1v) is 8.71. The molecule has 2 aliphatic rings. The lowest BCUT2D eigenvalue weighted by atomic mass is 9.78. The molecule has 0 aromatic rings. The molecule has 0 bridgehead atoms. The van der Waals surface area contributed by atoms with Crippen LogP contribution in [0.3, 0.4) is 0 Å². The quantitative estimate of drug-likeness (QED) is 0.754. The lowest BCUT2D eigenvalue weighted by Crippen LogP contribution is -2.56. The van der Waals surface area contributed by atoms with Crippen LogP contribution in [-0.4, -0.2) is 36.6 Å². The predicted octanol–water partition coefficient (Wildman–Crippen LogP) is 3.81. The number of likely N-dealkylation sites (N-methyl/N-ethyl adjacent to an activating group) is 1. The topological polar surface area (TPSA) is 15.3 Å². The van der Waals surface area contributed by atoms with Gasteiger partial charge in [0, 0.05) is 18.1 Å². The van der Waals surface area contributed by atoms with Gasteiger partial charge in [0.15, 0.2) is 0 Å². The monoisotopic (exact) mass is 266 g/mol. The molecule has 0 aliphatic heterocycles. The number of rotatable bonds is 7. The Hall–Kier alpha value is -0.0800. The van der Waals surface area contributed by atoms with Gasteiger partial charge in [0.2, 0.25) is 0 Å². The molecule has 0 amide bonds. The highest BCUT2D eigenvalue weighted by molar-refractivity contribution is 4.94. The van der Waals surface area contributed by atoms with Gasteiger partial charge in [-0.05, 0) is 58.0 Å². The van der Waals surface area contributed by atoms with Gasteiger partial charge in [0.25, 0.3) is 0 Å². The maximum atomic E-state index is 3.83. The molecule has 112 valence electrons. The van der Waals surface area contributed by atoms with Crippen LogP contribution in [0.15, 0.2) is 0 Å². The van der Waals surface area contributed by atoms with Crippen molar-refractivity contribution in [2.24, 2.45) is 5.92 Å². The number of nitrogens with one attached hydrogen (secondary N) is 1. The van der Waals surface area contributed by atoms with Crippen LogP contribution in [-0.2, 0) is 0 Å². The maximum Gasteiger partial charge on any atom is 0.0251 e. The standard InChI is InChI=1S/C17H34N2/c1-4-7-14-10-11-16(18-12-5-2)17(13-14)19(3)15-8-6-9-15/h14-18H,4-13H2,1-3H3. The highest BCUT2D eigenvalue weighted by atomic mass is 15.2. The Bertz CT molecular complexity index is 250. The van der Waals surface area contributed by atoms with E-state index in [1.807, 2.05) is 0 Å². The zero-order valence-electron chi connectivity index (χ0n) is 13.3. The van der Waals surface area contributed by atoms with Crippen LogP contribution in [0.2, 0.25) is 0 Å². The van der Waals surface area contributed by atoms with Gasteiger partial charge in [-0.2, -0.15) is 0 Å². The zero-order chi connectivity index (χ0) is 13.7. The third-order valence-corrected chi connectivity index (χ3v) is 5.45. The van der Waals surface area contributed by atoms with E-state index in [9.17, 15) is 0 Å². The van der Waals surface area contributed by atoms with Gasteiger partial charge in [0.05, 0.1) is 0 Å². The van der Waals surface area contributed by atoms with E-state index in [0.717, 1.165) is 24.0 Å². The first kappa shape index (κ1) is 15.3. The van der Waals surface area contributed by atoms with Crippen LogP contribution >= 0.6 is 0 Å². The fourth-order valence-corrected chi connectivity index (χ4v) is 3.98. The minimum absolute atomic E-state index is 0.749. The molecule has 2 rings (SSSR count). The first-order chi connectivity index (χ1) is 9.26. The molecule has 3 unspecified atom stereocenters. The van der Waals surface area contributed by atoms with Crippen molar-refractivity contribution >= 4 is 0 Å². The van der Waals surface area contributed by atoms with Crippen molar-refractivity contribution in [2.75, 3.05) is 13.6 Å². The summed E-state index contributed by atoms with van der Waals surface area (Å²) in [6.45, 7) is 5.81. The molecule has 2 heteroatoms. The van der Waals surface area contributed by atoms with Crippen molar-refractivity contribution in [2.45, 2.75) is 89.8 Å². The molecule has 19 heavy (non-hydrogen) atoms. The molecule has 0 saturated heterocycles. The number of nitrogens with zero attached hydrogens (tertiary/aromatic N) is 1. The van der Waals surface area contributed by atoms with E-state index in [4.69, 9.17) is 0 Å². The molecule has 2 aliphatic carbocycles. The van der Waals surface area contributed by atoms with Crippen LogP contribution in [0.25, 0.3) is 0 Å². The van der Waals surface area contributed by atoms with E-state index in [-0.39, 0.29) is 0 Å². The van der Waals surface area contributed by atoms with E-state index >= 15 is 0 Å². The summed E-state index contributed by atoms with van der Waals surface area (Å²) in [5, 5.41) is 3.83. The van der Waals surface area contributed by atoms with Gasteiger partial charge in [0.1, 0.15) is 0 Å². The average molecular weight is 266 g/mol. The minimum Gasteiger partial charge on any atom is -0.312 e. The summed E-state index contributed by atoms with van der Waals surface area (Å²) >= 11 is 0. The van der Waals surface area contributed by atoms with Crippen LogP contribution in [0.4, 0.5) is 0 Å². The van der Waals surface area contributed by atoms with Gasteiger partial charge >= 0.3 is 0 Å². The van der Waals surface area contributed by atoms with Crippen molar-refractivity contribution in [3.63, 3.8) is 0 Å². The lowest BCUT2D eigenvalue weighted by molar-refractivity contribution is 0.0492. The summed E-state index contributed by atoms with van der Waals surface area (Å²) in [4.78, 5) is 2.73. The second-order valence-corrected chi connectivity index (χ2v) is 6.85. The van der Waals surface area contributed by atoms with Crippen molar-refractivity contribution in [1.29, 1.82) is 0 Å². The van der Waals surface area contributed by atoms with Gasteiger partial charge in [-0.25, -0.2) is 0 Å². The molecule has 2 nitrogen and oxygen atoms in total. The Balaban J connectivity index is 1.93. The van der Waals surface area contributed by atoms with E-state index in [1.165, 1.54) is 64.3 Å². The molecular formula is C17H34N2. The average Bonchev–Trinajstić information content (AvgIpc) is 2.35. The normalized spacial score (nSPS) is 32.5. The molecule has 0 aromatic carbocycles. The number of hydrogen-bond donors (Lipinski definition) is 1. The van der Waals surface area contributed by atoms with Gasteiger partial charge < -0.3 is 5.32 Å². The highest BCUT2D eigenvalue weighted by Crippen LogP contribution is 2.34. The SMILES string of the molecule is CCCNC1CCC(CCC)CC1N(C)C1CCC1. The van der Waals surface area contributed by atoms with E-state index < -0.39 is 0 Å².